The normalized spacial score (nSPS) is 14.9. The second kappa shape index (κ2) is 12.3. The summed E-state index contributed by atoms with van der Waals surface area (Å²) in [6.45, 7) is 23.9. The Morgan fingerprint density at radius 3 is 1.03 bits per heavy atom. The monoisotopic (exact) mass is 478 g/mol. The third-order valence-corrected chi connectivity index (χ3v) is 4.62. The van der Waals surface area contributed by atoms with Crippen LogP contribution in [0.4, 0.5) is 0 Å². The van der Waals surface area contributed by atoms with Crippen molar-refractivity contribution in [3.05, 3.63) is 50.6 Å². The van der Waals surface area contributed by atoms with Crippen molar-refractivity contribution in [1.29, 1.82) is 0 Å². The maximum atomic E-state index is 12.6. The van der Waals surface area contributed by atoms with Crippen LogP contribution in [-0.4, -0.2) is 48.3 Å². The van der Waals surface area contributed by atoms with E-state index in [4.69, 9.17) is 18.9 Å². The molecule has 0 rings (SSSR count). The van der Waals surface area contributed by atoms with Gasteiger partial charge in [-0.2, -0.15) is 0 Å². The van der Waals surface area contributed by atoms with E-state index in [2.05, 4.69) is 26.3 Å². The Balaban J connectivity index is 7.34. The summed E-state index contributed by atoms with van der Waals surface area (Å²) >= 11 is 0. The van der Waals surface area contributed by atoms with Crippen molar-refractivity contribution in [2.75, 3.05) is 13.2 Å². The molecular weight excluding hydrogens is 440 g/mol. The summed E-state index contributed by atoms with van der Waals surface area (Å²) in [5, 5.41) is 0. The average Bonchev–Trinajstić information content (AvgIpc) is 2.72. The molecule has 0 aromatic heterocycles. The Hall–Kier alpha value is -3.16. The molecule has 34 heavy (non-hydrogen) atoms. The summed E-state index contributed by atoms with van der Waals surface area (Å²) in [7, 11) is 0. The van der Waals surface area contributed by atoms with E-state index in [9.17, 15) is 19.2 Å². The van der Waals surface area contributed by atoms with Crippen LogP contribution in [0.1, 0.15) is 54.4 Å². The summed E-state index contributed by atoms with van der Waals surface area (Å²) in [5.41, 5.74) is -4.67. The molecule has 190 valence electrons. The summed E-state index contributed by atoms with van der Waals surface area (Å²) in [6.07, 6.45) is 3.90. The van der Waals surface area contributed by atoms with Crippen molar-refractivity contribution in [1.82, 2.24) is 0 Å². The number of esters is 4. The van der Waals surface area contributed by atoms with E-state index in [0.29, 0.717) is 0 Å². The van der Waals surface area contributed by atoms with Crippen molar-refractivity contribution >= 4 is 23.9 Å². The molecule has 0 radical (unpaired) electrons. The Labute approximate surface area is 202 Å². The van der Waals surface area contributed by atoms with Gasteiger partial charge in [0.25, 0.3) is 0 Å². The molecular formula is C26H38O8. The number of carbonyl (C=O) groups excluding carboxylic acids is 4. The highest BCUT2D eigenvalue weighted by Crippen LogP contribution is 2.46. The van der Waals surface area contributed by atoms with E-state index in [-0.39, 0.29) is 12.8 Å². The van der Waals surface area contributed by atoms with Crippen molar-refractivity contribution in [3.8, 4) is 0 Å². The molecule has 0 spiro atoms. The first-order valence-corrected chi connectivity index (χ1v) is 10.8. The van der Waals surface area contributed by atoms with Crippen LogP contribution in [0.5, 0.6) is 0 Å². The number of carbonyl (C=O) groups is 4. The smallest absolute Gasteiger partial charge is 0.330 e. The lowest BCUT2D eigenvalue weighted by Gasteiger charge is -2.51. The lowest BCUT2D eigenvalue weighted by Crippen LogP contribution is -2.66. The van der Waals surface area contributed by atoms with Crippen molar-refractivity contribution in [2.24, 2.45) is 10.8 Å². The molecule has 0 bridgehead atoms. The van der Waals surface area contributed by atoms with E-state index >= 15 is 0 Å². The molecule has 0 saturated carbocycles. The maximum absolute atomic E-state index is 12.6. The van der Waals surface area contributed by atoms with Crippen LogP contribution in [0.15, 0.2) is 50.6 Å². The van der Waals surface area contributed by atoms with Crippen LogP contribution in [0.3, 0.4) is 0 Å². The minimum absolute atomic E-state index is 0.0517. The van der Waals surface area contributed by atoms with Crippen LogP contribution < -0.4 is 0 Å². The van der Waals surface area contributed by atoms with E-state index in [1.54, 1.807) is 0 Å². The first kappa shape index (κ1) is 30.8. The van der Waals surface area contributed by atoms with Crippen LogP contribution in [-0.2, 0) is 38.1 Å². The summed E-state index contributed by atoms with van der Waals surface area (Å²) in [4.78, 5) is 49.3. The van der Waals surface area contributed by atoms with E-state index < -0.39 is 59.1 Å². The van der Waals surface area contributed by atoms with Gasteiger partial charge in [-0.1, -0.05) is 67.9 Å². The Morgan fingerprint density at radius 2 is 0.824 bits per heavy atom. The predicted octanol–water partition coefficient (Wildman–Crippen LogP) is 4.25. The Morgan fingerprint density at radius 1 is 0.559 bits per heavy atom. The van der Waals surface area contributed by atoms with Gasteiger partial charge in [-0.25, -0.2) is 19.2 Å². The SMILES string of the molecule is C=CC(=O)OC[C@](CC(C)(C)C)(OC(=O)C=C)[C@](COC(=O)C=C)(CC(C)(C)C)OC(=O)C=C. The first-order valence-electron chi connectivity index (χ1n) is 10.8. The van der Waals surface area contributed by atoms with Gasteiger partial charge in [0.05, 0.1) is 0 Å². The summed E-state index contributed by atoms with van der Waals surface area (Å²) in [5.74, 6) is -3.25. The number of hydrogen-bond acceptors (Lipinski definition) is 8. The van der Waals surface area contributed by atoms with Crippen LogP contribution in [0.25, 0.3) is 0 Å². The van der Waals surface area contributed by atoms with Crippen LogP contribution in [0.2, 0.25) is 0 Å². The van der Waals surface area contributed by atoms with Crippen molar-refractivity contribution in [3.63, 3.8) is 0 Å². The van der Waals surface area contributed by atoms with E-state index in [0.717, 1.165) is 24.3 Å². The zero-order chi connectivity index (χ0) is 26.8. The van der Waals surface area contributed by atoms with Crippen LogP contribution in [0, 0.1) is 10.8 Å². The predicted molar refractivity (Wildman–Crippen MR) is 128 cm³/mol. The average molecular weight is 479 g/mol. The topological polar surface area (TPSA) is 105 Å². The number of rotatable bonds is 13. The molecule has 8 nitrogen and oxygen atoms in total. The molecule has 0 unspecified atom stereocenters. The molecule has 0 aromatic carbocycles. The second-order valence-electron chi connectivity index (χ2n) is 10.3. The lowest BCUT2D eigenvalue weighted by molar-refractivity contribution is -0.247. The van der Waals surface area contributed by atoms with Crippen molar-refractivity contribution < 1.29 is 38.1 Å². The zero-order valence-corrected chi connectivity index (χ0v) is 21.2. The number of hydrogen-bond donors (Lipinski definition) is 0. The van der Waals surface area contributed by atoms with Gasteiger partial charge in [0.1, 0.15) is 13.2 Å². The minimum Gasteiger partial charge on any atom is -0.458 e. The molecule has 0 N–H and O–H groups in total. The molecule has 0 amide bonds. The highest BCUT2D eigenvalue weighted by atomic mass is 16.6. The van der Waals surface area contributed by atoms with Crippen LogP contribution >= 0.6 is 0 Å². The molecule has 0 aliphatic rings. The quantitative estimate of drug-likeness (QED) is 0.220. The van der Waals surface area contributed by atoms with Gasteiger partial charge in [0.15, 0.2) is 11.2 Å². The minimum atomic E-state index is -1.79. The van der Waals surface area contributed by atoms with Gasteiger partial charge < -0.3 is 18.9 Å². The van der Waals surface area contributed by atoms with E-state index in [1.165, 1.54) is 0 Å². The van der Waals surface area contributed by atoms with Gasteiger partial charge in [-0.05, 0) is 23.7 Å². The van der Waals surface area contributed by atoms with E-state index in [1.807, 2.05) is 41.5 Å². The molecule has 0 saturated heterocycles. The lowest BCUT2D eigenvalue weighted by atomic mass is 9.67. The third-order valence-electron chi connectivity index (χ3n) is 4.62. The fraction of sp³-hybridized carbons (Fsp3) is 0.538. The maximum Gasteiger partial charge on any atom is 0.330 e. The van der Waals surface area contributed by atoms with Gasteiger partial charge in [0, 0.05) is 24.3 Å². The highest BCUT2D eigenvalue weighted by molar-refractivity contribution is 5.84. The standard InChI is InChI=1S/C26H38O8/c1-11-19(27)31-17-25(15-23(5,6)7,33-21(29)13-3)26(16-24(8,9)10,34-22(30)14-4)18-32-20(28)12-2/h11-14H,1-4,15-18H2,5-10H3/t25-,26+. The summed E-state index contributed by atoms with van der Waals surface area (Å²) in [6, 6.07) is 0. The fourth-order valence-corrected chi connectivity index (χ4v) is 3.68. The van der Waals surface area contributed by atoms with Gasteiger partial charge >= 0.3 is 23.9 Å². The van der Waals surface area contributed by atoms with Gasteiger partial charge in [-0.3, -0.25) is 0 Å². The molecule has 0 fully saturated rings. The third kappa shape index (κ3) is 9.77. The van der Waals surface area contributed by atoms with Gasteiger partial charge in [0.2, 0.25) is 0 Å². The van der Waals surface area contributed by atoms with Gasteiger partial charge in [-0.15, -0.1) is 0 Å². The first-order chi connectivity index (χ1) is 15.5. The molecule has 0 heterocycles. The highest BCUT2D eigenvalue weighted by Gasteiger charge is 2.61. The molecule has 0 aliphatic carbocycles. The molecule has 0 aromatic rings. The fourth-order valence-electron chi connectivity index (χ4n) is 3.68. The van der Waals surface area contributed by atoms with Crippen molar-refractivity contribution in [2.45, 2.75) is 65.6 Å². The number of ether oxygens (including phenoxy) is 4. The largest absolute Gasteiger partial charge is 0.458 e. The zero-order valence-electron chi connectivity index (χ0n) is 21.2. The Kier molecular flexibility index (Phi) is 11.2. The molecule has 8 heteroatoms. The molecule has 0 aliphatic heterocycles. The summed E-state index contributed by atoms with van der Waals surface area (Å²) < 4.78 is 22.5. The second-order valence-corrected chi connectivity index (χ2v) is 10.3. The Bertz CT molecular complexity index is 744. The molecule has 2 atom stereocenters.